The van der Waals surface area contributed by atoms with Crippen LogP contribution in [0.2, 0.25) is 0 Å². The van der Waals surface area contributed by atoms with Crippen molar-refractivity contribution < 1.29 is 9.53 Å². The number of aromatic nitrogens is 3. The summed E-state index contributed by atoms with van der Waals surface area (Å²) in [6.07, 6.45) is 9.38. The van der Waals surface area contributed by atoms with Crippen molar-refractivity contribution in [3.05, 3.63) is 24.3 Å². The van der Waals surface area contributed by atoms with Crippen molar-refractivity contribution in [3.8, 4) is 17.1 Å². The van der Waals surface area contributed by atoms with E-state index in [9.17, 15) is 4.79 Å². The van der Waals surface area contributed by atoms with E-state index in [1.807, 2.05) is 35.9 Å². The highest BCUT2D eigenvalue weighted by Crippen LogP contribution is 2.25. The van der Waals surface area contributed by atoms with Crippen molar-refractivity contribution in [3.63, 3.8) is 0 Å². The number of hydrogen-bond acceptors (Lipinski definition) is 5. The topological polar surface area (TPSA) is 69.0 Å². The Morgan fingerprint density at radius 3 is 2.59 bits per heavy atom. The molecule has 3 rings (SSSR count). The first-order valence-electron chi connectivity index (χ1n) is 10.7. The minimum atomic E-state index is 0.0834. The zero-order chi connectivity index (χ0) is 20.5. The predicted octanol–water partition coefficient (Wildman–Crippen LogP) is 4.59. The predicted molar refractivity (Wildman–Crippen MR) is 117 cm³/mol. The maximum Gasteiger partial charge on any atom is 0.230 e. The van der Waals surface area contributed by atoms with E-state index >= 15 is 0 Å². The lowest BCUT2D eigenvalue weighted by molar-refractivity contribution is -0.119. The Labute approximate surface area is 177 Å². The highest BCUT2D eigenvalue weighted by Gasteiger charge is 2.17. The van der Waals surface area contributed by atoms with Gasteiger partial charge in [-0.2, -0.15) is 0 Å². The number of amides is 1. The number of rotatable bonds is 9. The zero-order valence-corrected chi connectivity index (χ0v) is 18.3. The van der Waals surface area contributed by atoms with Crippen molar-refractivity contribution in [2.45, 2.75) is 69.5 Å². The third kappa shape index (κ3) is 6.49. The lowest BCUT2D eigenvalue weighted by atomic mass is 10.1. The van der Waals surface area contributed by atoms with Crippen LogP contribution in [0.4, 0.5) is 0 Å². The lowest BCUT2D eigenvalue weighted by Crippen LogP contribution is -2.35. The number of carbonyl (C=O) groups is 1. The average Bonchev–Trinajstić information content (AvgIpc) is 2.91. The number of carbonyl (C=O) groups excluding carboxylic acids is 1. The van der Waals surface area contributed by atoms with Crippen molar-refractivity contribution in [1.29, 1.82) is 0 Å². The Kier molecular flexibility index (Phi) is 8.40. The quantitative estimate of drug-likeness (QED) is 0.368. The van der Waals surface area contributed by atoms with Gasteiger partial charge < -0.3 is 14.6 Å². The van der Waals surface area contributed by atoms with Gasteiger partial charge in [-0.15, -0.1) is 10.2 Å². The van der Waals surface area contributed by atoms with E-state index in [1.54, 1.807) is 0 Å². The summed E-state index contributed by atoms with van der Waals surface area (Å²) in [6.45, 7) is 2.89. The fourth-order valence-electron chi connectivity index (χ4n) is 3.55. The van der Waals surface area contributed by atoms with Gasteiger partial charge in [0.25, 0.3) is 0 Å². The van der Waals surface area contributed by atoms with Crippen molar-refractivity contribution in [2.24, 2.45) is 7.05 Å². The first kappa shape index (κ1) is 21.7. The van der Waals surface area contributed by atoms with E-state index in [4.69, 9.17) is 4.74 Å². The van der Waals surface area contributed by atoms with Crippen molar-refractivity contribution in [1.82, 2.24) is 20.1 Å². The molecule has 7 heteroatoms. The molecule has 1 N–H and O–H groups in total. The highest BCUT2D eigenvalue weighted by atomic mass is 32.2. The number of unbranched alkanes of at least 4 members (excludes halogenated alkanes) is 1. The van der Waals surface area contributed by atoms with Gasteiger partial charge in [-0.1, -0.05) is 50.8 Å². The van der Waals surface area contributed by atoms with Crippen LogP contribution in [0.5, 0.6) is 5.75 Å². The fourth-order valence-corrected chi connectivity index (χ4v) is 4.27. The maximum absolute atomic E-state index is 12.3. The molecule has 0 unspecified atom stereocenters. The molecule has 0 saturated heterocycles. The van der Waals surface area contributed by atoms with Crippen LogP contribution < -0.4 is 10.1 Å². The first-order chi connectivity index (χ1) is 14.2. The first-order valence-corrected chi connectivity index (χ1v) is 11.7. The summed E-state index contributed by atoms with van der Waals surface area (Å²) in [5, 5.41) is 12.5. The Balaban J connectivity index is 1.52. The van der Waals surface area contributed by atoms with E-state index in [0.29, 0.717) is 11.8 Å². The lowest BCUT2D eigenvalue weighted by Gasteiger charge is -2.15. The molecule has 1 saturated carbocycles. The molecular weight excluding hydrogens is 384 g/mol. The number of nitrogens with zero attached hydrogens (tertiary/aromatic N) is 3. The van der Waals surface area contributed by atoms with Gasteiger partial charge in [0.05, 0.1) is 12.4 Å². The fraction of sp³-hybridized carbons (Fsp3) is 0.591. The van der Waals surface area contributed by atoms with Crippen molar-refractivity contribution in [2.75, 3.05) is 12.4 Å². The van der Waals surface area contributed by atoms with Crippen LogP contribution in [0.1, 0.15) is 58.3 Å². The molecule has 1 aromatic carbocycles. The Morgan fingerprint density at radius 2 is 1.90 bits per heavy atom. The van der Waals surface area contributed by atoms with E-state index in [0.717, 1.165) is 54.6 Å². The average molecular weight is 417 g/mol. The van der Waals surface area contributed by atoms with Crippen LogP contribution in [0.15, 0.2) is 29.4 Å². The summed E-state index contributed by atoms with van der Waals surface area (Å²) in [5.41, 5.74) is 0.984. The molecule has 2 aromatic rings. The molecule has 0 atom stereocenters. The summed E-state index contributed by atoms with van der Waals surface area (Å²) in [6, 6.07) is 8.26. The molecule has 1 fully saturated rings. The zero-order valence-electron chi connectivity index (χ0n) is 17.5. The number of benzene rings is 1. The van der Waals surface area contributed by atoms with Gasteiger partial charge >= 0.3 is 0 Å². The van der Waals surface area contributed by atoms with E-state index in [2.05, 4.69) is 22.4 Å². The van der Waals surface area contributed by atoms with E-state index in [1.165, 1.54) is 37.4 Å². The molecule has 1 aliphatic carbocycles. The molecule has 1 aromatic heterocycles. The van der Waals surface area contributed by atoms with Gasteiger partial charge in [0.2, 0.25) is 5.91 Å². The molecule has 0 bridgehead atoms. The van der Waals surface area contributed by atoms with Crippen LogP contribution in [0.3, 0.4) is 0 Å². The smallest absolute Gasteiger partial charge is 0.230 e. The minimum absolute atomic E-state index is 0.0834. The summed E-state index contributed by atoms with van der Waals surface area (Å²) < 4.78 is 7.66. The molecule has 0 aliphatic heterocycles. The third-order valence-electron chi connectivity index (χ3n) is 5.27. The SMILES string of the molecule is CCCCOc1ccc(-c2nnc(SCC(=O)NC3CCCCCC3)n2C)cc1. The number of hydrogen-bond donors (Lipinski definition) is 1. The van der Waals surface area contributed by atoms with Crippen LogP contribution in [0, 0.1) is 0 Å². The van der Waals surface area contributed by atoms with Crippen LogP contribution in [-0.2, 0) is 11.8 Å². The Hall–Kier alpha value is -2.02. The summed E-state index contributed by atoms with van der Waals surface area (Å²) >= 11 is 1.43. The highest BCUT2D eigenvalue weighted by molar-refractivity contribution is 7.99. The van der Waals surface area contributed by atoms with Crippen LogP contribution in [-0.4, -0.2) is 39.1 Å². The molecule has 1 aliphatic rings. The second-order valence-electron chi connectivity index (χ2n) is 7.64. The normalized spacial score (nSPS) is 15.1. The number of ether oxygens (including phenoxy) is 1. The Bertz CT molecular complexity index is 768. The summed E-state index contributed by atoms with van der Waals surface area (Å²) in [5.74, 6) is 2.11. The molecule has 29 heavy (non-hydrogen) atoms. The Morgan fingerprint density at radius 1 is 1.17 bits per heavy atom. The standard InChI is InChI=1S/C22H32N4O2S/c1-3-4-15-28-19-13-11-17(12-14-19)21-24-25-22(26(21)2)29-16-20(27)23-18-9-7-5-6-8-10-18/h11-14,18H,3-10,15-16H2,1-2H3,(H,23,27). The van der Waals surface area contributed by atoms with Crippen molar-refractivity contribution >= 4 is 17.7 Å². The van der Waals surface area contributed by atoms with Gasteiger partial charge in [0.15, 0.2) is 11.0 Å². The molecule has 0 radical (unpaired) electrons. The molecule has 6 nitrogen and oxygen atoms in total. The monoisotopic (exact) mass is 416 g/mol. The van der Waals surface area contributed by atoms with Gasteiger partial charge in [-0.25, -0.2) is 0 Å². The third-order valence-corrected chi connectivity index (χ3v) is 6.29. The number of nitrogens with one attached hydrogen (secondary N) is 1. The molecule has 0 spiro atoms. The van der Waals surface area contributed by atoms with Gasteiger partial charge in [-0.3, -0.25) is 4.79 Å². The van der Waals surface area contributed by atoms with Gasteiger partial charge in [0, 0.05) is 18.7 Å². The molecule has 1 heterocycles. The minimum Gasteiger partial charge on any atom is -0.494 e. The second-order valence-corrected chi connectivity index (χ2v) is 8.58. The molecule has 1 amide bonds. The maximum atomic E-state index is 12.3. The van der Waals surface area contributed by atoms with Gasteiger partial charge in [-0.05, 0) is 43.5 Å². The second kappa shape index (κ2) is 11.2. The summed E-state index contributed by atoms with van der Waals surface area (Å²) in [7, 11) is 1.94. The summed E-state index contributed by atoms with van der Waals surface area (Å²) in [4.78, 5) is 12.3. The largest absolute Gasteiger partial charge is 0.494 e. The van der Waals surface area contributed by atoms with E-state index < -0.39 is 0 Å². The number of thioether (sulfide) groups is 1. The van der Waals surface area contributed by atoms with Crippen LogP contribution >= 0.6 is 11.8 Å². The van der Waals surface area contributed by atoms with Gasteiger partial charge in [0.1, 0.15) is 5.75 Å². The molecule has 158 valence electrons. The van der Waals surface area contributed by atoms with E-state index in [-0.39, 0.29) is 5.91 Å². The molecular formula is C22H32N4O2S. The van der Waals surface area contributed by atoms with Crippen LogP contribution in [0.25, 0.3) is 11.4 Å².